The number of rotatable bonds is 4. The molecule has 0 saturated heterocycles. The van der Waals surface area contributed by atoms with Crippen molar-refractivity contribution in [3.63, 3.8) is 0 Å². The summed E-state index contributed by atoms with van der Waals surface area (Å²) in [5, 5.41) is 0.975. The van der Waals surface area contributed by atoms with Gasteiger partial charge in [0.1, 0.15) is 0 Å². The van der Waals surface area contributed by atoms with E-state index >= 15 is 0 Å². The smallest absolute Gasteiger partial charge is 0.269 e. The molecule has 0 atom stereocenters. The van der Waals surface area contributed by atoms with Crippen LogP contribution in [0.15, 0.2) is 54.6 Å². The molecule has 4 rings (SSSR count). The third kappa shape index (κ3) is 3.71. The van der Waals surface area contributed by atoms with E-state index < -0.39 is 5.41 Å². The molecule has 0 spiro atoms. The van der Waals surface area contributed by atoms with Crippen molar-refractivity contribution in [2.24, 2.45) is 5.41 Å². The zero-order chi connectivity index (χ0) is 18.7. The van der Waals surface area contributed by atoms with Crippen molar-refractivity contribution >= 4 is 33.4 Å². The second-order valence-electron chi connectivity index (χ2n) is 7.01. The molecule has 3 aromatic rings. The van der Waals surface area contributed by atoms with Crippen LogP contribution in [0.25, 0.3) is 10.2 Å². The molecule has 138 valence electrons. The molecule has 2 amide bonds. The fraction of sp³-hybridized carbons (Fsp3) is 0.286. The molecule has 1 aromatic heterocycles. The zero-order valence-corrected chi connectivity index (χ0v) is 15.7. The van der Waals surface area contributed by atoms with Crippen molar-refractivity contribution in [3.05, 3.63) is 65.2 Å². The van der Waals surface area contributed by atoms with E-state index in [9.17, 15) is 9.59 Å². The highest BCUT2D eigenvalue weighted by Gasteiger charge is 2.42. The van der Waals surface area contributed by atoms with Gasteiger partial charge in [0.2, 0.25) is 5.91 Å². The maximum Gasteiger partial charge on any atom is 0.269 e. The molecule has 1 fully saturated rings. The number of thiazole rings is 1. The highest BCUT2D eigenvalue weighted by atomic mass is 32.1. The first-order valence-corrected chi connectivity index (χ1v) is 9.98. The Kier molecular flexibility index (Phi) is 4.90. The average Bonchev–Trinajstić information content (AvgIpc) is 3.33. The Morgan fingerprint density at radius 1 is 0.963 bits per heavy atom. The minimum absolute atomic E-state index is 0.122. The van der Waals surface area contributed by atoms with Crippen LogP contribution < -0.4 is 10.9 Å². The lowest BCUT2D eigenvalue weighted by Gasteiger charge is -2.26. The predicted molar refractivity (Wildman–Crippen MR) is 106 cm³/mol. The number of nitrogens with zero attached hydrogens (tertiary/aromatic N) is 1. The summed E-state index contributed by atoms with van der Waals surface area (Å²) in [5.41, 5.74) is 6.20. The van der Waals surface area contributed by atoms with Crippen LogP contribution in [0.3, 0.4) is 0 Å². The van der Waals surface area contributed by atoms with Crippen LogP contribution in [-0.2, 0) is 11.2 Å². The first kappa shape index (κ1) is 17.7. The molecule has 1 aliphatic rings. The molecule has 0 bridgehead atoms. The third-order valence-corrected chi connectivity index (χ3v) is 6.23. The molecule has 1 aliphatic carbocycles. The number of carbonyl (C=O) groups is 2. The minimum atomic E-state index is -0.502. The van der Waals surface area contributed by atoms with E-state index in [2.05, 4.69) is 16.9 Å². The normalized spacial score (nSPS) is 15.6. The molecule has 2 aromatic carbocycles. The summed E-state index contributed by atoms with van der Waals surface area (Å²) in [6.45, 7) is 0. The van der Waals surface area contributed by atoms with E-state index in [4.69, 9.17) is 4.98 Å². The lowest BCUT2D eigenvalue weighted by Crippen LogP contribution is -2.49. The van der Waals surface area contributed by atoms with Gasteiger partial charge in [-0.15, -0.1) is 11.3 Å². The third-order valence-electron chi connectivity index (χ3n) is 5.20. The quantitative estimate of drug-likeness (QED) is 0.676. The van der Waals surface area contributed by atoms with Gasteiger partial charge in [-0.1, -0.05) is 43.2 Å². The van der Waals surface area contributed by atoms with Crippen molar-refractivity contribution in [3.8, 4) is 0 Å². The van der Waals surface area contributed by atoms with Crippen LogP contribution in [0.2, 0.25) is 0 Å². The number of aromatic nitrogens is 1. The van der Waals surface area contributed by atoms with E-state index in [1.807, 2.05) is 24.3 Å². The van der Waals surface area contributed by atoms with Crippen molar-refractivity contribution in [2.45, 2.75) is 32.1 Å². The molecule has 6 heteroatoms. The Bertz CT molecular complexity index is 929. The first-order chi connectivity index (χ1) is 13.2. The Hall–Kier alpha value is -2.73. The highest BCUT2D eigenvalue weighted by Crippen LogP contribution is 2.42. The molecular weight excluding hydrogens is 358 g/mol. The van der Waals surface area contributed by atoms with Gasteiger partial charge in [-0.05, 0) is 37.1 Å². The van der Waals surface area contributed by atoms with Crippen LogP contribution >= 0.6 is 11.3 Å². The highest BCUT2D eigenvalue weighted by molar-refractivity contribution is 7.18. The maximum absolute atomic E-state index is 13.0. The van der Waals surface area contributed by atoms with Gasteiger partial charge in [0.15, 0.2) is 0 Å². The number of hydrazine groups is 1. The monoisotopic (exact) mass is 379 g/mol. The number of benzene rings is 2. The lowest BCUT2D eigenvalue weighted by molar-refractivity contribution is -0.131. The van der Waals surface area contributed by atoms with Gasteiger partial charge in [0, 0.05) is 12.0 Å². The Labute approximate surface area is 161 Å². The Morgan fingerprint density at radius 2 is 1.67 bits per heavy atom. The number of hydrogen-bond donors (Lipinski definition) is 2. The van der Waals surface area contributed by atoms with Crippen LogP contribution in [-0.4, -0.2) is 16.8 Å². The zero-order valence-electron chi connectivity index (χ0n) is 14.9. The second kappa shape index (κ2) is 7.48. The molecule has 0 aliphatic heterocycles. The van der Waals surface area contributed by atoms with Gasteiger partial charge >= 0.3 is 0 Å². The van der Waals surface area contributed by atoms with Crippen LogP contribution in [0, 0.1) is 5.41 Å². The Morgan fingerprint density at radius 3 is 2.41 bits per heavy atom. The second-order valence-corrected chi connectivity index (χ2v) is 8.13. The molecule has 0 unspecified atom stereocenters. The molecule has 1 saturated carbocycles. The summed E-state index contributed by atoms with van der Waals surface area (Å²) >= 11 is 1.64. The van der Waals surface area contributed by atoms with Crippen molar-refractivity contribution in [1.82, 2.24) is 15.8 Å². The van der Waals surface area contributed by atoms with Gasteiger partial charge < -0.3 is 0 Å². The van der Waals surface area contributed by atoms with Crippen LogP contribution in [0.4, 0.5) is 0 Å². The van der Waals surface area contributed by atoms with Crippen LogP contribution in [0.5, 0.6) is 0 Å². The van der Waals surface area contributed by atoms with Gasteiger partial charge in [-0.3, -0.25) is 20.4 Å². The molecule has 5 nitrogen and oxygen atoms in total. The predicted octanol–water partition coefficient (Wildman–Crippen LogP) is 3.86. The maximum atomic E-state index is 13.0. The largest absolute Gasteiger partial charge is 0.273 e. The van der Waals surface area contributed by atoms with Gasteiger partial charge in [-0.2, -0.15) is 0 Å². The number of fused-ring (bicyclic) bond motifs is 1. The number of hydrogen-bond acceptors (Lipinski definition) is 4. The van der Waals surface area contributed by atoms with E-state index in [0.29, 0.717) is 12.0 Å². The molecule has 1 heterocycles. The topological polar surface area (TPSA) is 71.1 Å². The summed E-state index contributed by atoms with van der Waals surface area (Å²) in [5.74, 6) is -0.430. The number of amides is 2. The van der Waals surface area contributed by atoms with Gasteiger partial charge in [-0.25, -0.2) is 4.98 Å². The average molecular weight is 379 g/mol. The molecular formula is C21H21N3O2S. The van der Waals surface area contributed by atoms with E-state index in [0.717, 1.165) is 40.9 Å². The number of nitrogens with one attached hydrogen (secondary N) is 2. The number of carbonyl (C=O) groups excluding carboxylic acids is 2. The molecule has 2 N–H and O–H groups in total. The summed E-state index contributed by atoms with van der Waals surface area (Å²) in [7, 11) is 0. The van der Waals surface area contributed by atoms with E-state index in [1.165, 1.54) is 0 Å². The fourth-order valence-corrected chi connectivity index (χ4v) is 4.84. The van der Waals surface area contributed by atoms with E-state index in [1.54, 1.807) is 35.6 Å². The first-order valence-electron chi connectivity index (χ1n) is 9.17. The lowest BCUT2D eigenvalue weighted by atomic mass is 9.82. The van der Waals surface area contributed by atoms with Crippen molar-refractivity contribution in [1.29, 1.82) is 0 Å². The molecule has 0 radical (unpaired) electrons. The van der Waals surface area contributed by atoms with Crippen molar-refractivity contribution in [2.75, 3.05) is 0 Å². The van der Waals surface area contributed by atoms with Gasteiger partial charge in [0.25, 0.3) is 5.91 Å². The van der Waals surface area contributed by atoms with Crippen molar-refractivity contribution < 1.29 is 9.59 Å². The number of para-hydroxylation sites is 1. The Balaban J connectivity index is 1.47. The fourth-order valence-electron chi connectivity index (χ4n) is 3.73. The summed E-state index contributed by atoms with van der Waals surface area (Å²) in [6.07, 6.45) is 4.28. The standard InChI is InChI=1S/C21H21N3O2S/c25-19(15-8-2-1-3-9-15)23-24-20(26)21(12-6-7-13-21)14-18-22-16-10-4-5-11-17(16)27-18/h1-5,8-11H,6-7,12-14H2,(H,23,25)(H,24,26). The summed E-state index contributed by atoms with van der Waals surface area (Å²) in [6, 6.07) is 16.9. The summed E-state index contributed by atoms with van der Waals surface area (Å²) in [4.78, 5) is 29.9. The van der Waals surface area contributed by atoms with Gasteiger partial charge in [0.05, 0.1) is 20.6 Å². The van der Waals surface area contributed by atoms with Crippen LogP contribution in [0.1, 0.15) is 41.0 Å². The van der Waals surface area contributed by atoms with E-state index in [-0.39, 0.29) is 11.8 Å². The SMILES string of the molecule is O=C(NNC(=O)C1(Cc2nc3ccccc3s2)CCCC1)c1ccccc1. The minimum Gasteiger partial charge on any atom is -0.273 e. The summed E-state index contributed by atoms with van der Waals surface area (Å²) < 4.78 is 1.14. The molecule has 27 heavy (non-hydrogen) atoms.